The van der Waals surface area contributed by atoms with Crippen LogP contribution in [0, 0.1) is 0 Å². The number of nitrogens with one attached hydrogen (secondary N) is 1. The SMILES string of the molecule is Cn1ccnc1Sc1ccccc1NS(=O)(=O)c1cccc(OC(F)(F)F)c1. The molecule has 1 heterocycles. The molecule has 0 atom stereocenters. The zero-order valence-electron chi connectivity index (χ0n) is 14.3. The average Bonchev–Trinajstić information content (AvgIpc) is 3.00. The van der Waals surface area contributed by atoms with E-state index in [-0.39, 0.29) is 10.6 Å². The van der Waals surface area contributed by atoms with Gasteiger partial charge in [-0.1, -0.05) is 18.2 Å². The molecule has 148 valence electrons. The predicted octanol–water partition coefficient (Wildman–Crippen LogP) is 4.27. The summed E-state index contributed by atoms with van der Waals surface area (Å²) in [6.07, 6.45) is -1.55. The van der Waals surface area contributed by atoms with E-state index in [1.165, 1.54) is 23.9 Å². The van der Waals surface area contributed by atoms with Gasteiger partial charge in [0.05, 0.1) is 10.6 Å². The molecule has 0 aliphatic carbocycles. The number of anilines is 1. The van der Waals surface area contributed by atoms with Gasteiger partial charge in [-0.05, 0) is 36.0 Å². The Morgan fingerprint density at radius 1 is 1.14 bits per heavy atom. The van der Waals surface area contributed by atoms with Crippen molar-refractivity contribution >= 4 is 27.5 Å². The van der Waals surface area contributed by atoms with Crippen molar-refractivity contribution in [3.05, 3.63) is 60.9 Å². The number of ether oxygens (including phenoxy) is 1. The van der Waals surface area contributed by atoms with Crippen LogP contribution in [0.2, 0.25) is 0 Å². The van der Waals surface area contributed by atoms with Crippen molar-refractivity contribution in [1.82, 2.24) is 9.55 Å². The number of rotatable bonds is 6. The van der Waals surface area contributed by atoms with E-state index >= 15 is 0 Å². The summed E-state index contributed by atoms with van der Waals surface area (Å²) in [4.78, 5) is 4.41. The molecular formula is C17H14F3N3O3S2. The molecule has 28 heavy (non-hydrogen) atoms. The fourth-order valence-electron chi connectivity index (χ4n) is 2.23. The smallest absolute Gasteiger partial charge is 0.406 e. The first-order valence-electron chi connectivity index (χ1n) is 7.77. The number of aryl methyl sites for hydroxylation is 1. The Kier molecular flexibility index (Phi) is 5.57. The predicted molar refractivity (Wildman–Crippen MR) is 97.7 cm³/mol. The minimum atomic E-state index is -4.92. The van der Waals surface area contributed by atoms with Crippen molar-refractivity contribution < 1.29 is 26.3 Å². The van der Waals surface area contributed by atoms with Crippen LogP contribution in [-0.4, -0.2) is 24.3 Å². The number of nitrogens with zero attached hydrogens (tertiary/aromatic N) is 2. The normalized spacial score (nSPS) is 12.0. The minimum Gasteiger partial charge on any atom is -0.406 e. The number of hydrogen-bond donors (Lipinski definition) is 1. The molecule has 0 saturated carbocycles. The molecule has 0 radical (unpaired) electrons. The van der Waals surface area contributed by atoms with Gasteiger partial charge in [0.25, 0.3) is 10.0 Å². The van der Waals surface area contributed by atoms with Crippen molar-refractivity contribution in [2.75, 3.05) is 4.72 Å². The van der Waals surface area contributed by atoms with Crippen molar-refractivity contribution in [3.8, 4) is 5.75 Å². The third kappa shape index (κ3) is 4.98. The first-order valence-corrected chi connectivity index (χ1v) is 10.1. The molecule has 3 aromatic rings. The lowest BCUT2D eigenvalue weighted by molar-refractivity contribution is -0.274. The number of aromatic nitrogens is 2. The zero-order chi connectivity index (χ0) is 20.4. The Bertz CT molecular complexity index is 1080. The summed E-state index contributed by atoms with van der Waals surface area (Å²) in [6.45, 7) is 0. The van der Waals surface area contributed by atoms with E-state index in [1.54, 1.807) is 48.3 Å². The molecular weight excluding hydrogens is 415 g/mol. The summed E-state index contributed by atoms with van der Waals surface area (Å²) >= 11 is 1.25. The third-order valence-electron chi connectivity index (χ3n) is 3.46. The molecule has 11 heteroatoms. The highest BCUT2D eigenvalue weighted by Gasteiger charge is 2.31. The highest BCUT2D eigenvalue weighted by atomic mass is 32.2. The molecule has 0 unspecified atom stereocenters. The summed E-state index contributed by atoms with van der Waals surface area (Å²) in [7, 11) is -2.34. The van der Waals surface area contributed by atoms with E-state index in [4.69, 9.17) is 0 Å². The number of alkyl halides is 3. The van der Waals surface area contributed by atoms with Crippen LogP contribution in [0.3, 0.4) is 0 Å². The van der Waals surface area contributed by atoms with Crippen LogP contribution >= 0.6 is 11.8 Å². The second-order valence-electron chi connectivity index (χ2n) is 5.55. The van der Waals surface area contributed by atoms with Crippen LogP contribution in [0.25, 0.3) is 0 Å². The number of sulfonamides is 1. The number of para-hydroxylation sites is 1. The number of halogens is 3. The maximum atomic E-state index is 12.7. The van der Waals surface area contributed by atoms with Gasteiger partial charge in [0.2, 0.25) is 0 Å². The number of hydrogen-bond acceptors (Lipinski definition) is 5. The molecule has 1 aromatic heterocycles. The number of imidazole rings is 1. The van der Waals surface area contributed by atoms with Gasteiger partial charge in [0.15, 0.2) is 5.16 Å². The molecule has 0 fully saturated rings. The summed E-state index contributed by atoms with van der Waals surface area (Å²) in [5.74, 6) is -0.619. The fraction of sp³-hybridized carbons (Fsp3) is 0.118. The maximum Gasteiger partial charge on any atom is 0.573 e. The van der Waals surface area contributed by atoms with Crippen LogP contribution in [0.15, 0.2) is 75.9 Å². The summed E-state index contributed by atoms with van der Waals surface area (Å²) in [5.41, 5.74) is 0.276. The average molecular weight is 429 g/mol. The van der Waals surface area contributed by atoms with Gasteiger partial charge in [-0.3, -0.25) is 4.72 Å². The number of benzene rings is 2. The monoisotopic (exact) mass is 429 g/mol. The summed E-state index contributed by atoms with van der Waals surface area (Å²) < 4.78 is 70.4. The molecule has 0 amide bonds. The van der Waals surface area contributed by atoms with E-state index in [0.29, 0.717) is 10.1 Å². The van der Waals surface area contributed by atoms with E-state index in [9.17, 15) is 21.6 Å². The van der Waals surface area contributed by atoms with Gasteiger partial charge in [0.1, 0.15) is 5.75 Å². The van der Waals surface area contributed by atoms with Crippen LogP contribution in [0.5, 0.6) is 5.75 Å². The van der Waals surface area contributed by atoms with Crippen LogP contribution in [-0.2, 0) is 17.1 Å². The maximum absolute atomic E-state index is 12.7. The quantitative estimate of drug-likeness (QED) is 0.634. The van der Waals surface area contributed by atoms with E-state index in [2.05, 4.69) is 14.4 Å². The minimum absolute atomic E-state index is 0.276. The fourth-order valence-corrected chi connectivity index (χ4v) is 4.30. The van der Waals surface area contributed by atoms with Crippen molar-refractivity contribution in [2.45, 2.75) is 21.3 Å². The van der Waals surface area contributed by atoms with Crippen molar-refractivity contribution in [1.29, 1.82) is 0 Å². The van der Waals surface area contributed by atoms with Gasteiger partial charge in [-0.15, -0.1) is 13.2 Å². The lowest BCUT2D eigenvalue weighted by atomic mass is 10.3. The van der Waals surface area contributed by atoms with Gasteiger partial charge in [0, 0.05) is 30.4 Å². The Morgan fingerprint density at radius 3 is 2.57 bits per heavy atom. The Balaban J connectivity index is 1.87. The molecule has 0 bridgehead atoms. The second kappa shape index (κ2) is 7.76. The molecule has 0 saturated heterocycles. The second-order valence-corrected chi connectivity index (χ2v) is 8.24. The van der Waals surface area contributed by atoms with Crippen molar-refractivity contribution in [3.63, 3.8) is 0 Å². The van der Waals surface area contributed by atoms with E-state index in [1.807, 2.05) is 0 Å². The first-order chi connectivity index (χ1) is 13.1. The van der Waals surface area contributed by atoms with Gasteiger partial charge < -0.3 is 9.30 Å². The summed E-state index contributed by atoms with van der Waals surface area (Å²) in [6, 6.07) is 10.8. The third-order valence-corrected chi connectivity index (χ3v) is 5.97. The van der Waals surface area contributed by atoms with Crippen LogP contribution in [0.4, 0.5) is 18.9 Å². The largest absolute Gasteiger partial charge is 0.573 e. The highest BCUT2D eigenvalue weighted by Crippen LogP contribution is 2.33. The summed E-state index contributed by atoms with van der Waals surface area (Å²) in [5, 5.41) is 0.646. The molecule has 6 nitrogen and oxygen atoms in total. The Morgan fingerprint density at radius 2 is 1.89 bits per heavy atom. The van der Waals surface area contributed by atoms with Gasteiger partial charge in [-0.25, -0.2) is 13.4 Å². The first kappa shape index (κ1) is 20.1. The van der Waals surface area contributed by atoms with E-state index in [0.717, 1.165) is 12.1 Å². The lowest BCUT2D eigenvalue weighted by Gasteiger charge is -2.13. The Hall–Kier alpha value is -2.66. The molecule has 3 rings (SSSR count). The molecule has 0 spiro atoms. The topological polar surface area (TPSA) is 73.2 Å². The zero-order valence-corrected chi connectivity index (χ0v) is 16.0. The molecule has 0 aliphatic rings. The molecule has 0 aliphatic heterocycles. The van der Waals surface area contributed by atoms with Crippen LogP contribution in [0.1, 0.15) is 0 Å². The van der Waals surface area contributed by atoms with Crippen molar-refractivity contribution in [2.24, 2.45) is 7.05 Å². The van der Waals surface area contributed by atoms with E-state index < -0.39 is 22.1 Å². The molecule has 1 N–H and O–H groups in total. The highest BCUT2D eigenvalue weighted by molar-refractivity contribution is 7.99. The standard InChI is InChI=1S/C17H14F3N3O3S2/c1-23-10-9-21-16(23)27-15-8-3-2-7-14(15)22-28(24,25)13-6-4-5-12(11-13)26-17(18,19)20/h2-11,22H,1H3. The van der Waals surface area contributed by atoms with Crippen LogP contribution < -0.4 is 9.46 Å². The lowest BCUT2D eigenvalue weighted by Crippen LogP contribution is -2.18. The molecule has 2 aromatic carbocycles. The van der Waals surface area contributed by atoms with Gasteiger partial charge >= 0.3 is 6.36 Å². The van der Waals surface area contributed by atoms with Gasteiger partial charge in [-0.2, -0.15) is 0 Å². The Labute approximate surface area is 163 Å².